The highest BCUT2D eigenvalue weighted by atomic mass is 19.1. The van der Waals surface area contributed by atoms with Gasteiger partial charge in [0, 0.05) is 12.2 Å². The van der Waals surface area contributed by atoms with Crippen LogP contribution in [0.2, 0.25) is 0 Å². The van der Waals surface area contributed by atoms with Crippen molar-refractivity contribution in [3.63, 3.8) is 0 Å². The molecule has 0 amide bonds. The Hall–Kier alpha value is -1.17. The predicted molar refractivity (Wildman–Crippen MR) is 77.5 cm³/mol. The summed E-state index contributed by atoms with van der Waals surface area (Å²) in [6.07, 6.45) is -0.459. The number of ether oxygens (including phenoxy) is 2. The molecule has 1 aromatic rings. The van der Waals surface area contributed by atoms with Gasteiger partial charge in [0.2, 0.25) is 0 Å². The fraction of sp³-hybridized carbons (Fsp3) is 0.600. The topological polar surface area (TPSA) is 50.7 Å². The molecule has 0 aliphatic heterocycles. The van der Waals surface area contributed by atoms with E-state index < -0.39 is 6.10 Å². The second-order valence-electron chi connectivity index (χ2n) is 5.05. The summed E-state index contributed by atoms with van der Waals surface area (Å²) in [5.41, 5.74) is 1.49. The minimum absolute atomic E-state index is 0.182. The monoisotopic (exact) mass is 285 g/mol. The van der Waals surface area contributed by atoms with Crippen molar-refractivity contribution in [2.45, 2.75) is 33.0 Å². The fourth-order valence-corrected chi connectivity index (χ4v) is 1.70. The Bertz CT molecular complexity index is 378. The molecule has 0 saturated heterocycles. The molecule has 20 heavy (non-hydrogen) atoms. The number of benzene rings is 1. The minimum Gasteiger partial charge on any atom is -0.389 e. The van der Waals surface area contributed by atoms with Crippen LogP contribution in [0.1, 0.15) is 19.4 Å². The van der Waals surface area contributed by atoms with Crippen LogP contribution in [-0.2, 0) is 9.47 Å². The maximum atomic E-state index is 13.2. The quantitative estimate of drug-likeness (QED) is 0.684. The molecule has 0 saturated carbocycles. The van der Waals surface area contributed by atoms with Gasteiger partial charge in [0.05, 0.1) is 32.0 Å². The van der Waals surface area contributed by atoms with Crippen LogP contribution in [0.5, 0.6) is 0 Å². The van der Waals surface area contributed by atoms with E-state index in [2.05, 4.69) is 5.32 Å². The largest absolute Gasteiger partial charge is 0.389 e. The molecule has 0 heterocycles. The Kier molecular flexibility index (Phi) is 7.51. The molecular formula is C15H24FNO3. The Morgan fingerprint density at radius 3 is 2.65 bits per heavy atom. The van der Waals surface area contributed by atoms with Crippen molar-refractivity contribution in [2.24, 2.45) is 0 Å². The van der Waals surface area contributed by atoms with Crippen LogP contribution in [0.3, 0.4) is 0 Å². The van der Waals surface area contributed by atoms with Crippen molar-refractivity contribution in [2.75, 3.05) is 31.7 Å². The number of halogens is 1. The van der Waals surface area contributed by atoms with Gasteiger partial charge >= 0.3 is 0 Å². The standard InChI is InChI=1S/C15H24FNO3/c1-11(2)20-5-4-19-10-15(18)9-17-14-7-12(3)6-13(16)8-14/h6-8,11,15,17-18H,4-5,9-10H2,1-3H3. The third kappa shape index (κ3) is 7.43. The van der Waals surface area contributed by atoms with Crippen LogP contribution >= 0.6 is 0 Å². The van der Waals surface area contributed by atoms with Gasteiger partial charge in [0.25, 0.3) is 0 Å². The maximum absolute atomic E-state index is 13.2. The highest BCUT2D eigenvalue weighted by Crippen LogP contribution is 2.13. The van der Waals surface area contributed by atoms with Crippen LogP contribution in [0, 0.1) is 12.7 Å². The molecular weight excluding hydrogens is 261 g/mol. The third-order valence-electron chi connectivity index (χ3n) is 2.57. The summed E-state index contributed by atoms with van der Waals surface area (Å²) in [5, 5.41) is 12.7. The van der Waals surface area contributed by atoms with E-state index in [1.54, 1.807) is 0 Å². The normalized spacial score (nSPS) is 12.7. The molecule has 0 radical (unpaired) electrons. The van der Waals surface area contributed by atoms with E-state index in [4.69, 9.17) is 9.47 Å². The lowest BCUT2D eigenvalue weighted by atomic mass is 10.2. The molecule has 4 nitrogen and oxygen atoms in total. The van der Waals surface area contributed by atoms with E-state index in [1.807, 2.05) is 26.8 Å². The second-order valence-corrected chi connectivity index (χ2v) is 5.05. The van der Waals surface area contributed by atoms with Crippen molar-refractivity contribution in [3.8, 4) is 0 Å². The number of rotatable bonds is 9. The zero-order valence-electron chi connectivity index (χ0n) is 12.4. The zero-order chi connectivity index (χ0) is 15.0. The number of hydrogen-bond acceptors (Lipinski definition) is 4. The molecule has 1 unspecified atom stereocenters. The summed E-state index contributed by atoms with van der Waals surface area (Å²) in [6, 6.07) is 4.68. The van der Waals surface area contributed by atoms with E-state index in [1.165, 1.54) is 12.1 Å². The number of anilines is 1. The summed E-state index contributed by atoms with van der Waals surface area (Å²) in [5.74, 6) is -0.288. The third-order valence-corrected chi connectivity index (χ3v) is 2.57. The molecule has 1 atom stereocenters. The summed E-state index contributed by atoms with van der Waals surface area (Å²) >= 11 is 0. The maximum Gasteiger partial charge on any atom is 0.125 e. The lowest BCUT2D eigenvalue weighted by Crippen LogP contribution is -2.26. The summed E-state index contributed by atoms with van der Waals surface area (Å²) in [7, 11) is 0. The summed E-state index contributed by atoms with van der Waals surface area (Å²) in [4.78, 5) is 0. The van der Waals surface area contributed by atoms with E-state index in [9.17, 15) is 9.50 Å². The first kappa shape index (κ1) is 16.9. The Morgan fingerprint density at radius 1 is 1.25 bits per heavy atom. The average Bonchev–Trinajstić information content (AvgIpc) is 2.34. The van der Waals surface area contributed by atoms with Crippen molar-refractivity contribution in [1.82, 2.24) is 0 Å². The second kappa shape index (κ2) is 8.89. The summed E-state index contributed by atoms with van der Waals surface area (Å²) in [6.45, 7) is 7.24. The first-order chi connectivity index (χ1) is 9.47. The van der Waals surface area contributed by atoms with Crippen molar-refractivity contribution in [3.05, 3.63) is 29.6 Å². The molecule has 0 spiro atoms. The highest BCUT2D eigenvalue weighted by molar-refractivity contribution is 5.46. The van der Waals surface area contributed by atoms with Crippen molar-refractivity contribution >= 4 is 5.69 Å². The van der Waals surface area contributed by atoms with Gasteiger partial charge in [0.15, 0.2) is 0 Å². The molecule has 114 valence electrons. The van der Waals surface area contributed by atoms with Gasteiger partial charge in [0.1, 0.15) is 5.82 Å². The Morgan fingerprint density at radius 2 is 2.00 bits per heavy atom. The first-order valence-corrected chi connectivity index (χ1v) is 6.86. The molecule has 0 aliphatic rings. The number of nitrogens with one attached hydrogen (secondary N) is 1. The number of aryl methyl sites for hydroxylation is 1. The molecule has 5 heteroatoms. The van der Waals surface area contributed by atoms with Crippen LogP contribution in [0.25, 0.3) is 0 Å². The van der Waals surface area contributed by atoms with Crippen molar-refractivity contribution in [1.29, 1.82) is 0 Å². The smallest absolute Gasteiger partial charge is 0.125 e. The Balaban J connectivity index is 2.17. The van der Waals surface area contributed by atoms with Crippen LogP contribution < -0.4 is 5.32 Å². The molecule has 0 aromatic heterocycles. The zero-order valence-corrected chi connectivity index (χ0v) is 12.4. The number of aliphatic hydroxyl groups is 1. The lowest BCUT2D eigenvalue weighted by molar-refractivity contribution is -0.00734. The molecule has 2 N–H and O–H groups in total. The van der Waals surface area contributed by atoms with Gasteiger partial charge in [-0.1, -0.05) is 0 Å². The van der Waals surface area contributed by atoms with Crippen LogP contribution in [0.4, 0.5) is 10.1 Å². The van der Waals surface area contributed by atoms with E-state index >= 15 is 0 Å². The molecule has 1 rings (SSSR count). The van der Waals surface area contributed by atoms with Gasteiger partial charge in [-0.3, -0.25) is 0 Å². The SMILES string of the molecule is Cc1cc(F)cc(NCC(O)COCCOC(C)C)c1. The van der Waals surface area contributed by atoms with E-state index in [0.717, 1.165) is 5.56 Å². The van der Waals surface area contributed by atoms with Crippen molar-refractivity contribution < 1.29 is 19.0 Å². The highest BCUT2D eigenvalue weighted by Gasteiger charge is 2.05. The van der Waals surface area contributed by atoms with Crippen LogP contribution in [0.15, 0.2) is 18.2 Å². The molecule has 0 bridgehead atoms. The lowest BCUT2D eigenvalue weighted by Gasteiger charge is -2.14. The average molecular weight is 285 g/mol. The van der Waals surface area contributed by atoms with Gasteiger partial charge in [-0.05, 0) is 44.5 Å². The minimum atomic E-state index is -0.641. The van der Waals surface area contributed by atoms with Gasteiger partial charge in [-0.15, -0.1) is 0 Å². The molecule has 0 fully saturated rings. The van der Waals surface area contributed by atoms with E-state index in [0.29, 0.717) is 25.4 Å². The summed E-state index contributed by atoms with van der Waals surface area (Å²) < 4.78 is 23.8. The molecule has 1 aromatic carbocycles. The Labute approximate surface area is 119 Å². The van der Waals surface area contributed by atoms with Gasteiger partial charge in [-0.2, -0.15) is 0 Å². The predicted octanol–water partition coefficient (Wildman–Crippen LogP) is 2.35. The molecule has 0 aliphatic carbocycles. The van der Waals surface area contributed by atoms with Gasteiger partial charge < -0.3 is 19.9 Å². The fourth-order valence-electron chi connectivity index (χ4n) is 1.70. The van der Waals surface area contributed by atoms with Gasteiger partial charge in [-0.25, -0.2) is 4.39 Å². The van der Waals surface area contributed by atoms with E-state index in [-0.39, 0.29) is 18.5 Å². The first-order valence-electron chi connectivity index (χ1n) is 6.86. The van der Waals surface area contributed by atoms with Crippen LogP contribution in [-0.4, -0.2) is 43.7 Å². The number of hydrogen-bond donors (Lipinski definition) is 2. The number of aliphatic hydroxyl groups excluding tert-OH is 1.